The molecule has 5 heteroatoms. The molecule has 2 aromatic rings. The maximum absolute atomic E-state index is 10.7. The van der Waals surface area contributed by atoms with Crippen LogP contribution in [0.15, 0.2) is 24.9 Å². The summed E-state index contributed by atoms with van der Waals surface area (Å²) in [5.74, 6) is -1.23. The number of imidazole rings is 1. The molecule has 0 radical (unpaired) electrons. The predicted octanol–water partition coefficient (Wildman–Crippen LogP) is 0.992. The van der Waals surface area contributed by atoms with E-state index in [1.807, 2.05) is 4.40 Å². The van der Waals surface area contributed by atoms with Gasteiger partial charge < -0.3 is 9.51 Å². The molecular formula is C10H11N3O2. The van der Waals surface area contributed by atoms with E-state index in [9.17, 15) is 4.79 Å². The fourth-order valence-electron chi connectivity index (χ4n) is 1.43. The van der Waals surface area contributed by atoms with Crippen molar-refractivity contribution in [2.45, 2.75) is 13.3 Å². The van der Waals surface area contributed by atoms with Crippen molar-refractivity contribution >= 4 is 11.5 Å². The number of rotatable bonds is 3. The molecule has 1 N–H and O–H groups in total. The van der Waals surface area contributed by atoms with Crippen molar-refractivity contribution in [3.05, 3.63) is 30.6 Å². The van der Waals surface area contributed by atoms with Gasteiger partial charge in [-0.05, 0) is 0 Å². The Morgan fingerprint density at radius 1 is 1.67 bits per heavy atom. The summed E-state index contributed by atoms with van der Waals surface area (Å²) in [6.45, 7) is 1.67. The Morgan fingerprint density at radius 3 is 3.20 bits per heavy atom. The molecule has 0 amide bonds. The van der Waals surface area contributed by atoms with Crippen molar-refractivity contribution in [3.8, 4) is 0 Å². The van der Waals surface area contributed by atoms with E-state index in [2.05, 4.69) is 9.97 Å². The molecule has 15 heavy (non-hydrogen) atoms. The number of hydrogen-bond donors (Lipinski definition) is 1. The number of fused-ring (bicyclic) bond motifs is 1. The number of aliphatic carboxylic acids is 1. The first-order chi connectivity index (χ1) is 7.18. The van der Waals surface area contributed by atoms with Gasteiger partial charge >= 0.3 is 5.97 Å². The number of carboxylic acid groups (broad SMARTS) is 1. The van der Waals surface area contributed by atoms with Crippen LogP contribution < -0.4 is 0 Å². The van der Waals surface area contributed by atoms with E-state index in [0.29, 0.717) is 6.42 Å². The second kappa shape index (κ2) is 3.68. The van der Waals surface area contributed by atoms with Crippen LogP contribution in [0.3, 0.4) is 0 Å². The predicted molar refractivity (Wildman–Crippen MR) is 53.5 cm³/mol. The van der Waals surface area contributed by atoms with Crippen LogP contribution in [-0.2, 0) is 11.2 Å². The van der Waals surface area contributed by atoms with Crippen molar-refractivity contribution in [1.29, 1.82) is 0 Å². The molecule has 1 unspecified atom stereocenters. The largest absolute Gasteiger partial charge is 0.481 e. The molecule has 0 fully saturated rings. The molecule has 0 bridgehead atoms. The van der Waals surface area contributed by atoms with Gasteiger partial charge in [0.15, 0.2) is 0 Å². The van der Waals surface area contributed by atoms with Crippen molar-refractivity contribution in [1.82, 2.24) is 14.4 Å². The summed E-state index contributed by atoms with van der Waals surface area (Å²) in [7, 11) is 0. The van der Waals surface area contributed by atoms with E-state index in [4.69, 9.17) is 5.11 Å². The highest BCUT2D eigenvalue weighted by molar-refractivity contribution is 5.70. The van der Waals surface area contributed by atoms with Gasteiger partial charge in [0.25, 0.3) is 0 Å². The molecule has 0 aliphatic rings. The van der Waals surface area contributed by atoms with Gasteiger partial charge in [-0.2, -0.15) is 0 Å². The Hall–Kier alpha value is -1.91. The van der Waals surface area contributed by atoms with Crippen LogP contribution in [0.4, 0.5) is 0 Å². The molecule has 0 aliphatic carbocycles. The molecule has 1 atom stereocenters. The van der Waals surface area contributed by atoms with E-state index in [-0.39, 0.29) is 0 Å². The molecule has 5 nitrogen and oxygen atoms in total. The lowest BCUT2D eigenvalue weighted by Crippen LogP contribution is -2.12. The van der Waals surface area contributed by atoms with Gasteiger partial charge in [0.2, 0.25) is 0 Å². The summed E-state index contributed by atoms with van der Waals surface area (Å²) < 4.78 is 1.83. The zero-order valence-electron chi connectivity index (χ0n) is 8.29. The number of hydrogen-bond acceptors (Lipinski definition) is 3. The summed E-state index contributed by atoms with van der Waals surface area (Å²) in [4.78, 5) is 18.9. The normalized spacial score (nSPS) is 12.9. The third-order valence-electron chi connectivity index (χ3n) is 2.34. The average molecular weight is 205 g/mol. The minimum atomic E-state index is -0.806. The van der Waals surface area contributed by atoms with Crippen molar-refractivity contribution < 1.29 is 9.90 Å². The van der Waals surface area contributed by atoms with Crippen LogP contribution in [-0.4, -0.2) is 25.4 Å². The maximum Gasteiger partial charge on any atom is 0.306 e. The fourth-order valence-corrected chi connectivity index (χ4v) is 1.43. The summed E-state index contributed by atoms with van der Waals surface area (Å²) in [6.07, 6.45) is 7.24. The molecule has 0 aliphatic heterocycles. The molecule has 0 aromatic carbocycles. The Balaban J connectivity index is 2.32. The number of carboxylic acids is 1. The number of aromatic nitrogens is 3. The molecule has 0 spiro atoms. The Bertz CT molecular complexity index is 492. The van der Waals surface area contributed by atoms with Crippen LogP contribution in [0.25, 0.3) is 5.52 Å². The quantitative estimate of drug-likeness (QED) is 0.811. The standard InChI is InChI=1S/C10H11N3O2/c1-7(10(14)15)4-8-9-5-11-2-3-13(9)6-12-8/h2-3,5-7H,4H2,1H3,(H,14,15). The lowest BCUT2D eigenvalue weighted by Gasteiger charge is -2.03. The van der Waals surface area contributed by atoms with Crippen LogP contribution in [0.1, 0.15) is 12.6 Å². The summed E-state index contributed by atoms with van der Waals surface area (Å²) in [5, 5.41) is 8.80. The van der Waals surface area contributed by atoms with Crippen molar-refractivity contribution in [3.63, 3.8) is 0 Å². The first-order valence-electron chi connectivity index (χ1n) is 4.67. The zero-order valence-corrected chi connectivity index (χ0v) is 8.29. The summed E-state index contributed by atoms with van der Waals surface area (Å²) in [6, 6.07) is 0. The maximum atomic E-state index is 10.7. The van der Waals surface area contributed by atoms with Gasteiger partial charge in [-0.3, -0.25) is 9.78 Å². The smallest absolute Gasteiger partial charge is 0.306 e. The lowest BCUT2D eigenvalue weighted by molar-refractivity contribution is -0.141. The van der Waals surface area contributed by atoms with Crippen molar-refractivity contribution in [2.24, 2.45) is 5.92 Å². The molecule has 78 valence electrons. The van der Waals surface area contributed by atoms with Gasteiger partial charge in [-0.15, -0.1) is 0 Å². The van der Waals surface area contributed by atoms with E-state index in [0.717, 1.165) is 11.2 Å². The number of nitrogens with zero attached hydrogens (tertiary/aromatic N) is 3. The van der Waals surface area contributed by atoms with E-state index < -0.39 is 11.9 Å². The van der Waals surface area contributed by atoms with Crippen LogP contribution in [0.2, 0.25) is 0 Å². The average Bonchev–Trinajstić information content (AvgIpc) is 2.62. The highest BCUT2D eigenvalue weighted by Gasteiger charge is 2.14. The second-order valence-electron chi connectivity index (χ2n) is 3.50. The minimum Gasteiger partial charge on any atom is -0.481 e. The van der Waals surface area contributed by atoms with Gasteiger partial charge in [0, 0.05) is 18.8 Å². The highest BCUT2D eigenvalue weighted by atomic mass is 16.4. The van der Waals surface area contributed by atoms with E-state index in [1.54, 1.807) is 31.8 Å². The Kier molecular flexibility index (Phi) is 2.37. The van der Waals surface area contributed by atoms with Crippen LogP contribution in [0.5, 0.6) is 0 Å². The third kappa shape index (κ3) is 1.81. The summed E-state index contributed by atoms with van der Waals surface area (Å²) in [5.41, 5.74) is 1.64. The highest BCUT2D eigenvalue weighted by Crippen LogP contribution is 2.12. The fraction of sp³-hybridized carbons (Fsp3) is 0.300. The zero-order chi connectivity index (χ0) is 10.8. The monoisotopic (exact) mass is 205 g/mol. The van der Waals surface area contributed by atoms with Crippen LogP contribution in [0, 0.1) is 5.92 Å². The minimum absolute atomic E-state index is 0.427. The SMILES string of the molecule is CC(Cc1ncn2ccncc12)C(=O)O. The van der Waals surface area contributed by atoms with Gasteiger partial charge in [0.05, 0.1) is 29.7 Å². The van der Waals surface area contributed by atoms with Gasteiger partial charge in [0.1, 0.15) is 0 Å². The van der Waals surface area contributed by atoms with E-state index in [1.165, 1.54) is 0 Å². The summed E-state index contributed by atoms with van der Waals surface area (Å²) >= 11 is 0. The Labute approximate surface area is 86.4 Å². The molecule has 0 saturated heterocycles. The second-order valence-corrected chi connectivity index (χ2v) is 3.50. The Morgan fingerprint density at radius 2 is 2.47 bits per heavy atom. The third-order valence-corrected chi connectivity index (χ3v) is 2.34. The number of carbonyl (C=O) groups is 1. The van der Waals surface area contributed by atoms with Crippen molar-refractivity contribution in [2.75, 3.05) is 0 Å². The van der Waals surface area contributed by atoms with Gasteiger partial charge in [-0.1, -0.05) is 6.92 Å². The molecule has 2 heterocycles. The van der Waals surface area contributed by atoms with Gasteiger partial charge in [-0.25, -0.2) is 4.98 Å². The molecule has 2 rings (SSSR count). The van der Waals surface area contributed by atoms with Crippen LogP contribution >= 0.6 is 0 Å². The molecular weight excluding hydrogens is 194 g/mol. The lowest BCUT2D eigenvalue weighted by atomic mass is 10.1. The molecule has 0 saturated carbocycles. The molecule has 2 aromatic heterocycles. The first-order valence-corrected chi connectivity index (χ1v) is 4.67. The first kappa shape index (κ1) is 9.64. The van der Waals surface area contributed by atoms with E-state index >= 15 is 0 Å². The topological polar surface area (TPSA) is 67.5 Å².